The Balaban J connectivity index is 1.33. The maximum Gasteiger partial charge on any atom is 0.321 e. The number of hydrogen-bond acceptors (Lipinski definition) is 5. The first-order chi connectivity index (χ1) is 19.1. The fraction of sp³-hybridized carbons (Fsp3) is 0.267. The Bertz CT molecular complexity index is 1430. The quantitative estimate of drug-likeness (QED) is 0.291. The number of ether oxygens (including phenoxy) is 1. The van der Waals surface area contributed by atoms with Crippen LogP contribution in [0.25, 0.3) is 11.3 Å². The Morgan fingerprint density at radius 1 is 1.03 bits per heavy atom. The van der Waals surface area contributed by atoms with Crippen LogP contribution >= 0.6 is 11.3 Å². The van der Waals surface area contributed by atoms with Gasteiger partial charge in [0, 0.05) is 50.0 Å². The van der Waals surface area contributed by atoms with E-state index >= 15 is 0 Å². The molecule has 0 saturated carbocycles. The first-order valence-electron chi connectivity index (χ1n) is 13.1. The highest BCUT2D eigenvalue weighted by Crippen LogP contribution is 2.25. The van der Waals surface area contributed by atoms with Gasteiger partial charge in [-0.25, -0.2) is 14.2 Å². The summed E-state index contributed by atoms with van der Waals surface area (Å²) in [6, 6.07) is 24.2. The topological polar surface area (TPSA) is 62.1 Å². The van der Waals surface area contributed by atoms with E-state index < -0.39 is 0 Å². The number of nitrogens with zero attached hydrogens (tertiary/aromatic N) is 4. The van der Waals surface area contributed by atoms with Gasteiger partial charge in [0.2, 0.25) is 0 Å². The van der Waals surface area contributed by atoms with Crippen molar-refractivity contribution in [2.24, 2.45) is 4.99 Å². The van der Waals surface area contributed by atoms with Gasteiger partial charge in [0.15, 0.2) is 4.80 Å². The molecular weight excluding hydrogens is 513 g/mol. The molecule has 0 radical (unpaired) electrons. The molecule has 0 bridgehead atoms. The predicted molar refractivity (Wildman–Crippen MR) is 155 cm³/mol. The summed E-state index contributed by atoms with van der Waals surface area (Å²) in [5, 5.41) is 5.12. The van der Waals surface area contributed by atoms with Crippen molar-refractivity contribution in [1.82, 2.24) is 9.88 Å². The van der Waals surface area contributed by atoms with Crippen LogP contribution in [0.5, 0.6) is 0 Å². The third-order valence-corrected chi connectivity index (χ3v) is 7.53. The second kappa shape index (κ2) is 12.7. The number of hydrogen-bond donors (Lipinski definition) is 1. The summed E-state index contributed by atoms with van der Waals surface area (Å²) in [5.74, 6) is -0.287. The lowest BCUT2D eigenvalue weighted by atomic mass is 10.1. The lowest BCUT2D eigenvalue weighted by molar-refractivity contribution is 0.122. The van der Waals surface area contributed by atoms with E-state index in [2.05, 4.69) is 44.4 Å². The molecule has 0 spiro atoms. The van der Waals surface area contributed by atoms with Crippen LogP contribution in [0.1, 0.15) is 6.42 Å². The molecular formula is C30H32FN5O2S. The minimum atomic E-state index is -0.287. The molecule has 4 aromatic rings. The molecule has 2 heterocycles. The highest BCUT2D eigenvalue weighted by molar-refractivity contribution is 7.07. The largest absolute Gasteiger partial charge is 0.378 e. The van der Waals surface area contributed by atoms with E-state index in [0.717, 1.165) is 54.5 Å². The number of anilines is 2. The van der Waals surface area contributed by atoms with Crippen LogP contribution in [0, 0.1) is 5.82 Å². The monoisotopic (exact) mass is 545 g/mol. The Kier molecular flexibility index (Phi) is 8.70. The number of nitrogens with one attached hydrogen (secondary N) is 1. The number of halogens is 1. The first-order valence-corrected chi connectivity index (χ1v) is 13.9. The molecule has 3 aromatic carbocycles. The van der Waals surface area contributed by atoms with Gasteiger partial charge in [-0.05, 0) is 60.5 Å². The molecule has 0 aliphatic carbocycles. The van der Waals surface area contributed by atoms with Gasteiger partial charge in [-0.3, -0.25) is 4.90 Å². The molecule has 1 aliphatic heterocycles. The predicted octanol–water partition coefficient (Wildman–Crippen LogP) is 5.66. The zero-order valence-corrected chi connectivity index (χ0v) is 22.7. The van der Waals surface area contributed by atoms with Crippen LogP contribution in [0.4, 0.5) is 26.2 Å². The lowest BCUT2D eigenvalue weighted by Gasteiger charge is -2.28. The van der Waals surface area contributed by atoms with Gasteiger partial charge in [0.1, 0.15) is 5.82 Å². The molecule has 2 amide bonds. The van der Waals surface area contributed by atoms with Crippen molar-refractivity contribution in [3.8, 4) is 11.3 Å². The summed E-state index contributed by atoms with van der Waals surface area (Å²) in [7, 11) is 1.76. The van der Waals surface area contributed by atoms with Crippen molar-refractivity contribution in [2.75, 3.05) is 49.7 Å². The number of thiazole rings is 1. The number of morpholine rings is 1. The maximum absolute atomic E-state index is 13.4. The van der Waals surface area contributed by atoms with Crippen LogP contribution in [-0.2, 0) is 11.3 Å². The summed E-state index contributed by atoms with van der Waals surface area (Å²) >= 11 is 1.55. The van der Waals surface area contributed by atoms with Gasteiger partial charge in [0.05, 0.1) is 24.6 Å². The van der Waals surface area contributed by atoms with Crippen molar-refractivity contribution >= 4 is 34.4 Å². The number of aromatic nitrogens is 1. The molecule has 1 aromatic heterocycles. The Morgan fingerprint density at radius 3 is 2.46 bits per heavy atom. The third kappa shape index (κ3) is 6.74. The number of rotatable bonds is 8. The molecule has 5 rings (SSSR count). The minimum Gasteiger partial charge on any atom is -0.378 e. The number of para-hydroxylation sites is 1. The summed E-state index contributed by atoms with van der Waals surface area (Å²) < 4.78 is 21.1. The van der Waals surface area contributed by atoms with E-state index in [-0.39, 0.29) is 11.8 Å². The van der Waals surface area contributed by atoms with E-state index in [4.69, 9.17) is 9.73 Å². The lowest BCUT2D eigenvalue weighted by Crippen LogP contribution is -2.38. The standard InChI is InChI=1S/C30H32FN5O2S/c1-34(26-6-3-2-4-7-26)29(37)32-16-5-17-36-28(22-39-30(36)33-25-12-10-24(31)11-13-25)23-8-14-27(15-9-23)35-18-20-38-21-19-35/h2-4,6-15,22H,5,16-21H2,1H3,(H,32,37). The average molecular weight is 546 g/mol. The molecule has 1 saturated heterocycles. The Morgan fingerprint density at radius 2 is 1.74 bits per heavy atom. The van der Waals surface area contributed by atoms with Crippen molar-refractivity contribution in [1.29, 1.82) is 0 Å². The fourth-order valence-electron chi connectivity index (χ4n) is 4.48. The molecule has 0 atom stereocenters. The minimum absolute atomic E-state index is 0.147. The smallest absolute Gasteiger partial charge is 0.321 e. The first kappa shape index (κ1) is 26.6. The van der Waals surface area contributed by atoms with Crippen molar-refractivity contribution in [3.63, 3.8) is 0 Å². The second-order valence-electron chi connectivity index (χ2n) is 9.27. The SMILES string of the molecule is CN(C(=O)NCCCn1c(-c2ccc(N3CCOCC3)cc2)csc1=Nc1ccc(F)cc1)c1ccccc1. The van der Waals surface area contributed by atoms with E-state index in [1.165, 1.54) is 17.8 Å². The Hall–Kier alpha value is -3.95. The maximum atomic E-state index is 13.4. The van der Waals surface area contributed by atoms with Crippen molar-refractivity contribution < 1.29 is 13.9 Å². The van der Waals surface area contributed by atoms with Crippen LogP contribution in [-0.4, -0.2) is 50.5 Å². The van der Waals surface area contributed by atoms with Crippen LogP contribution in [0.15, 0.2) is 89.2 Å². The van der Waals surface area contributed by atoms with E-state index in [0.29, 0.717) is 18.8 Å². The summed E-state index contributed by atoms with van der Waals surface area (Å²) in [5.41, 5.74) is 4.87. The number of benzene rings is 3. The summed E-state index contributed by atoms with van der Waals surface area (Å²) in [6.45, 7) is 4.47. The molecule has 1 N–H and O–H groups in total. The van der Waals surface area contributed by atoms with Crippen LogP contribution in [0.3, 0.4) is 0 Å². The second-order valence-corrected chi connectivity index (χ2v) is 10.1. The van der Waals surface area contributed by atoms with Gasteiger partial charge in [0.25, 0.3) is 0 Å². The summed E-state index contributed by atoms with van der Waals surface area (Å²) in [4.78, 5) is 22.2. The van der Waals surface area contributed by atoms with Crippen LogP contribution in [0.2, 0.25) is 0 Å². The molecule has 7 nitrogen and oxygen atoms in total. The zero-order chi connectivity index (χ0) is 27.0. The van der Waals surface area contributed by atoms with Crippen molar-refractivity contribution in [2.45, 2.75) is 13.0 Å². The number of carbonyl (C=O) groups excluding carboxylic acids is 1. The van der Waals surface area contributed by atoms with Gasteiger partial charge >= 0.3 is 6.03 Å². The summed E-state index contributed by atoms with van der Waals surface area (Å²) in [6.07, 6.45) is 0.723. The normalized spacial score (nSPS) is 13.9. The van der Waals surface area contributed by atoms with Gasteiger partial charge in [-0.2, -0.15) is 0 Å². The highest BCUT2D eigenvalue weighted by Gasteiger charge is 2.14. The molecule has 1 fully saturated rings. The molecule has 1 aliphatic rings. The third-order valence-electron chi connectivity index (χ3n) is 6.67. The van der Waals surface area contributed by atoms with Gasteiger partial charge < -0.3 is 19.5 Å². The van der Waals surface area contributed by atoms with Gasteiger partial charge in [-0.1, -0.05) is 30.3 Å². The molecule has 39 heavy (non-hydrogen) atoms. The highest BCUT2D eigenvalue weighted by atomic mass is 32.1. The van der Waals surface area contributed by atoms with Gasteiger partial charge in [-0.15, -0.1) is 11.3 Å². The average Bonchev–Trinajstić information content (AvgIpc) is 3.39. The molecule has 0 unspecified atom stereocenters. The number of urea groups is 1. The Labute approximate surface area is 231 Å². The molecule has 9 heteroatoms. The van der Waals surface area contributed by atoms with E-state index in [1.807, 2.05) is 30.3 Å². The van der Waals surface area contributed by atoms with Crippen molar-refractivity contribution in [3.05, 3.63) is 94.9 Å². The van der Waals surface area contributed by atoms with E-state index in [1.54, 1.807) is 35.4 Å². The molecule has 202 valence electrons. The number of carbonyl (C=O) groups is 1. The fourth-order valence-corrected chi connectivity index (χ4v) is 5.43. The zero-order valence-electron chi connectivity index (χ0n) is 21.9. The van der Waals surface area contributed by atoms with E-state index in [9.17, 15) is 9.18 Å². The number of amides is 2. The van der Waals surface area contributed by atoms with Crippen LogP contribution < -0.4 is 19.9 Å².